The van der Waals surface area contributed by atoms with E-state index in [0.717, 1.165) is 37.1 Å². The average molecular weight is 448 g/mol. The summed E-state index contributed by atoms with van der Waals surface area (Å²) >= 11 is 0. The van der Waals surface area contributed by atoms with Crippen LogP contribution in [0.3, 0.4) is 0 Å². The van der Waals surface area contributed by atoms with Crippen molar-refractivity contribution in [2.24, 2.45) is 0 Å². The lowest BCUT2D eigenvalue weighted by Gasteiger charge is -2.13. The second-order valence-electron chi connectivity index (χ2n) is 7.33. The molecular formula is C23H30ClN3O4. The number of rotatable bonds is 1. The van der Waals surface area contributed by atoms with Crippen LogP contribution < -0.4 is 20.7 Å². The molecule has 0 aliphatic carbocycles. The highest BCUT2D eigenvalue weighted by Crippen LogP contribution is 2.33. The molecule has 168 valence electrons. The number of hydrogen-bond donors (Lipinski definition) is 4. The topological polar surface area (TPSA) is 99.7 Å². The van der Waals surface area contributed by atoms with Crippen LogP contribution in [-0.4, -0.2) is 50.2 Å². The van der Waals surface area contributed by atoms with E-state index in [2.05, 4.69) is 16.0 Å². The number of nitrogens with one attached hydrogen (secondary N) is 3. The van der Waals surface area contributed by atoms with Crippen molar-refractivity contribution in [3.8, 4) is 22.6 Å². The minimum absolute atomic E-state index is 0. The maximum atomic E-state index is 12.7. The molecule has 7 nitrogen and oxygen atoms in total. The molecule has 2 amide bonds. The minimum Gasteiger partial charge on any atom is -0.507 e. The van der Waals surface area contributed by atoms with Gasteiger partial charge in [-0.05, 0) is 67.7 Å². The Bertz CT molecular complexity index is 904. The van der Waals surface area contributed by atoms with Crippen molar-refractivity contribution < 1.29 is 19.4 Å². The van der Waals surface area contributed by atoms with Crippen LogP contribution in [-0.2, 0) is 11.2 Å². The number of amides is 2. The first-order chi connectivity index (χ1) is 14.6. The van der Waals surface area contributed by atoms with E-state index in [9.17, 15) is 14.7 Å². The van der Waals surface area contributed by atoms with E-state index >= 15 is 0 Å². The average Bonchev–Trinajstić information content (AvgIpc) is 2.75. The van der Waals surface area contributed by atoms with Gasteiger partial charge in [0.1, 0.15) is 11.5 Å². The Morgan fingerprint density at radius 3 is 2.48 bits per heavy atom. The van der Waals surface area contributed by atoms with Gasteiger partial charge in [-0.25, -0.2) is 0 Å². The Kier molecular flexibility index (Phi) is 9.62. The number of benzene rings is 2. The van der Waals surface area contributed by atoms with Crippen molar-refractivity contribution in [2.75, 3.05) is 33.3 Å². The predicted octanol–water partition coefficient (Wildman–Crippen LogP) is 2.65. The molecule has 4 N–H and O–H groups in total. The third kappa shape index (κ3) is 6.87. The third-order valence-electron chi connectivity index (χ3n) is 5.13. The van der Waals surface area contributed by atoms with Crippen LogP contribution in [0, 0.1) is 0 Å². The molecule has 1 heterocycles. The van der Waals surface area contributed by atoms with E-state index < -0.39 is 0 Å². The number of phenolic OH excluding ortho intramolecular Hbond substituents is 1. The highest BCUT2D eigenvalue weighted by Gasteiger charge is 2.15. The Balaban J connectivity index is 0.00000341. The number of fused-ring (bicyclic) bond motifs is 5. The Labute approximate surface area is 189 Å². The zero-order chi connectivity index (χ0) is 21.3. The molecule has 0 saturated carbocycles. The van der Waals surface area contributed by atoms with Crippen molar-refractivity contribution in [1.82, 2.24) is 16.0 Å². The van der Waals surface area contributed by atoms with E-state index in [-0.39, 0.29) is 30.0 Å². The summed E-state index contributed by atoms with van der Waals surface area (Å²) in [5, 5.41) is 19.6. The van der Waals surface area contributed by atoms with E-state index in [4.69, 9.17) is 4.74 Å². The van der Waals surface area contributed by atoms with Gasteiger partial charge in [-0.15, -0.1) is 12.4 Å². The monoisotopic (exact) mass is 447 g/mol. The number of methoxy groups -OCH3 is 1. The summed E-state index contributed by atoms with van der Waals surface area (Å²) in [6.07, 6.45) is 2.68. The maximum absolute atomic E-state index is 12.7. The molecule has 0 spiro atoms. The molecule has 1 aliphatic heterocycles. The summed E-state index contributed by atoms with van der Waals surface area (Å²) < 4.78 is 5.36. The first-order valence-electron chi connectivity index (χ1n) is 10.3. The maximum Gasteiger partial charge on any atom is 0.255 e. The van der Waals surface area contributed by atoms with E-state index in [0.29, 0.717) is 42.8 Å². The van der Waals surface area contributed by atoms with Crippen molar-refractivity contribution in [1.29, 1.82) is 0 Å². The number of carbonyl (C=O) groups excluding carboxylic acids is 2. The fourth-order valence-corrected chi connectivity index (χ4v) is 3.47. The van der Waals surface area contributed by atoms with Gasteiger partial charge >= 0.3 is 0 Å². The Morgan fingerprint density at radius 1 is 0.871 bits per heavy atom. The van der Waals surface area contributed by atoms with Crippen LogP contribution in [0.4, 0.5) is 0 Å². The van der Waals surface area contributed by atoms with Gasteiger partial charge in [0, 0.05) is 25.1 Å². The lowest BCUT2D eigenvalue weighted by Crippen LogP contribution is -2.29. The van der Waals surface area contributed by atoms with Gasteiger partial charge < -0.3 is 25.8 Å². The van der Waals surface area contributed by atoms with Crippen molar-refractivity contribution in [3.05, 3.63) is 47.5 Å². The second-order valence-corrected chi connectivity index (χ2v) is 7.33. The molecule has 31 heavy (non-hydrogen) atoms. The third-order valence-corrected chi connectivity index (χ3v) is 5.13. The minimum atomic E-state index is -0.211. The van der Waals surface area contributed by atoms with Crippen LogP contribution in [0.1, 0.15) is 35.2 Å². The standard InChI is InChI=1S/C23H29N3O4.ClH/c1-30-21-8-6-17-15-19(21)23(29)26-12-3-11-24-10-2-4-22(28)25-13-9-16-5-7-20(27)18(17)14-16;/h5-8,14-15,24,27H,2-4,9-13H2,1H3,(H,25,28)(H,26,29);1H. The van der Waals surface area contributed by atoms with Gasteiger partial charge in [0.25, 0.3) is 5.91 Å². The molecule has 0 aromatic heterocycles. The molecule has 2 aromatic carbocycles. The van der Waals surface area contributed by atoms with Gasteiger partial charge in [-0.1, -0.05) is 12.1 Å². The van der Waals surface area contributed by atoms with Crippen molar-refractivity contribution >= 4 is 24.2 Å². The predicted molar refractivity (Wildman–Crippen MR) is 123 cm³/mol. The van der Waals surface area contributed by atoms with Crippen LogP contribution in [0.2, 0.25) is 0 Å². The summed E-state index contributed by atoms with van der Waals surface area (Å²) in [7, 11) is 1.53. The number of aromatic hydroxyl groups is 1. The summed E-state index contributed by atoms with van der Waals surface area (Å²) in [6.45, 7) is 2.59. The normalized spacial score (nSPS) is 15.9. The smallest absolute Gasteiger partial charge is 0.255 e. The number of ether oxygens (including phenoxy) is 1. The van der Waals surface area contributed by atoms with Crippen molar-refractivity contribution in [2.45, 2.75) is 25.7 Å². The van der Waals surface area contributed by atoms with E-state index in [1.54, 1.807) is 18.2 Å². The van der Waals surface area contributed by atoms with Gasteiger partial charge in [0.15, 0.2) is 0 Å². The first kappa shape index (κ1) is 24.5. The number of phenols is 1. The summed E-state index contributed by atoms with van der Waals surface area (Å²) in [5.74, 6) is 0.452. The number of halogens is 1. The second kappa shape index (κ2) is 12.2. The summed E-state index contributed by atoms with van der Waals surface area (Å²) in [4.78, 5) is 24.7. The zero-order valence-electron chi connectivity index (χ0n) is 17.7. The largest absolute Gasteiger partial charge is 0.507 e. The molecule has 0 atom stereocenters. The SMILES string of the molecule is COc1ccc2cc1C(=O)NCCCNCCCC(=O)NCCc1ccc(O)c-2c1.Cl. The van der Waals surface area contributed by atoms with Crippen molar-refractivity contribution in [3.63, 3.8) is 0 Å². The molecule has 0 unspecified atom stereocenters. The lowest BCUT2D eigenvalue weighted by molar-refractivity contribution is -0.121. The van der Waals surface area contributed by atoms with E-state index in [1.807, 2.05) is 18.2 Å². The van der Waals surface area contributed by atoms with Gasteiger partial charge in [-0.3, -0.25) is 9.59 Å². The fraction of sp³-hybridized carbons (Fsp3) is 0.391. The summed E-state index contributed by atoms with van der Waals surface area (Å²) in [5.41, 5.74) is 2.78. The first-order valence-corrected chi connectivity index (χ1v) is 10.3. The highest BCUT2D eigenvalue weighted by molar-refractivity contribution is 5.98. The molecule has 3 rings (SSSR count). The molecule has 0 saturated heterocycles. The molecule has 4 bridgehead atoms. The summed E-state index contributed by atoms with van der Waals surface area (Å²) in [6, 6.07) is 10.7. The van der Waals surface area contributed by atoms with Gasteiger partial charge in [0.05, 0.1) is 12.7 Å². The van der Waals surface area contributed by atoms with Crippen LogP contribution >= 0.6 is 12.4 Å². The van der Waals surface area contributed by atoms with E-state index in [1.165, 1.54) is 7.11 Å². The molecule has 0 radical (unpaired) electrons. The molecule has 2 aromatic rings. The lowest BCUT2D eigenvalue weighted by atomic mass is 9.98. The van der Waals surface area contributed by atoms with Gasteiger partial charge in [0.2, 0.25) is 5.91 Å². The molecule has 8 heteroatoms. The van der Waals surface area contributed by atoms with Gasteiger partial charge in [-0.2, -0.15) is 0 Å². The zero-order valence-corrected chi connectivity index (χ0v) is 18.5. The Morgan fingerprint density at radius 2 is 1.68 bits per heavy atom. The number of hydrogen-bond acceptors (Lipinski definition) is 5. The molecular weight excluding hydrogens is 418 g/mol. The van der Waals surface area contributed by atoms with Crippen LogP contribution in [0.15, 0.2) is 36.4 Å². The molecule has 1 aliphatic rings. The van der Waals surface area contributed by atoms with Crippen LogP contribution in [0.5, 0.6) is 11.5 Å². The van der Waals surface area contributed by atoms with Crippen LogP contribution in [0.25, 0.3) is 11.1 Å². The quantitative estimate of drug-likeness (QED) is 0.538. The highest BCUT2D eigenvalue weighted by atomic mass is 35.5. The number of carbonyl (C=O) groups is 2. The molecule has 0 fully saturated rings. The fourth-order valence-electron chi connectivity index (χ4n) is 3.47. The Hall–Kier alpha value is -2.77.